The molecule has 1 N–H and O–H groups in total. The van der Waals surface area contributed by atoms with E-state index in [2.05, 4.69) is 4.98 Å². The van der Waals surface area contributed by atoms with Crippen molar-refractivity contribution >= 4 is 23.3 Å². The van der Waals surface area contributed by atoms with Crippen LogP contribution in [0.15, 0.2) is 30.5 Å². The summed E-state index contributed by atoms with van der Waals surface area (Å²) in [5.74, 6) is -1.24. The second kappa shape index (κ2) is 5.76. The molecule has 0 fully saturated rings. The highest BCUT2D eigenvalue weighted by Crippen LogP contribution is 2.32. The number of carbonyl (C=O) groups is 1. The van der Waals surface area contributed by atoms with Gasteiger partial charge < -0.3 is 9.84 Å². The number of aryl methyl sites for hydroxylation is 1. The van der Waals surface area contributed by atoms with E-state index >= 15 is 0 Å². The average molecular weight is 309 g/mol. The summed E-state index contributed by atoms with van der Waals surface area (Å²) >= 11 is 5.81. The minimum atomic E-state index is -1.31. The molecular formula is C13H9ClN2O5. The Labute approximate surface area is 123 Å². The molecule has 1 aromatic carbocycles. The molecule has 1 heterocycles. The van der Waals surface area contributed by atoms with E-state index in [1.54, 1.807) is 25.1 Å². The van der Waals surface area contributed by atoms with Gasteiger partial charge in [-0.25, -0.2) is 9.78 Å². The van der Waals surface area contributed by atoms with Crippen molar-refractivity contribution in [3.05, 3.63) is 56.7 Å². The van der Waals surface area contributed by atoms with Crippen LogP contribution in [0, 0.1) is 17.0 Å². The molecule has 21 heavy (non-hydrogen) atoms. The Hall–Kier alpha value is -2.67. The van der Waals surface area contributed by atoms with Gasteiger partial charge in [0.05, 0.1) is 10.5 Å². The van der Waals surface area contributed by atoms with Crippen LogP contribution in [0.5, 0.6) is 11.6 Å². The molecule has 0 saturated heterocycles. The molecule has 1 aromatic heterocycles. The van der Waals surface area contributed by atoms with Gasteiger partial charge in [-0.05, 0) is 30.7 Å². The average Bonchev–Trinajstić information content (AvgIpc) is 2.41. The molecule has 2 rings (SSSR count). The Morgan fingerprint density at radius 3 is 2.71 bits per heavy atom. The van der Waals surface area contributed by atoms with Gasteiger partial charge in [-0.2, -0.15) is 0 Å². The Morgan fingerprint density at radius 2 is 2.14 bits per heavy atom. The van der Waals surface area contributed by atoms with Gasteiger partial charge in [0.1, 0.15) is 5.75 Å². The van der Waals surface area contributed by atoms with Gasteiger partial charge in [0.15, 0.2) is 0 Å². The molecular weight excluding hydrogens is 300 g/mol. The normalized spacial score (nSPS) is 10.2. The third-order valence-corrected chi connectivity index (χ3v) is 2.85. The van der Waals surface area contributed by atoms with Gasteiger partial charge in [0.2, 0.25) is 0 Å². The van der Waals surface area contributed by atoms with Gasteiger partial charge in [0, 0.05) is 17.3 Å². The van der Waals surface area contributed by atoms with Crippen LogP contribution < -0.4 is 4.74 Å². The maximum Gasteiger partial charge on any atom is 0.337 e. The first kappa shape index (κ1) is 14.7. The van der Waals surface area contributed by atoms with Crippen molar-refractivity contribution in [2.24, 2.45) is 0 Å². The summed E-state index contributed by atoms with van der Waals surface area (Å²) in [6.07, 6.45) is 0.996. The maximum absolute atomic E-state index is 11.0. The van der Waals surface area contributed by atoms with E-state index in [0.717, 1.165) is 12.3 Å². The molecule has 8 heteroatoms. The van der Waals surface area contributed by atoms with E-state index in [1.165, 1.54) is 0 Å². The summed E-state index contributed by atoms with van der Waals surface area (Å²) in [5, 5.41) is 20.3. The number of nitrogens with zero attached hydrogens (tertiary/aromatic N) is 2. The summed E-state index contributed by atoms with van der Waals surface area (Å²) < 4.78 is 5.39. The van der Waals surface area contributed by atoms with Crippen molar-refractivity contribution in [3.63, 3.8) is 0 Å². The summed E-state index contributed by atoms with van der Waals surface area (Å²) in [6, 6.07) is 5.65. The van der Waals surface area contributed by atoms with E-state index in [9.17, 15) is 14.9 Å². The van der Waals surface area contributed by atoms with Crippen LogP contribution >= 0.6 is 11.6 Å². The van der Waals surface area contributed by atoms with Crippen molar-refractivity contribution < 1.29 is 19.6 Å². The lowest BCUT2D eigenvalue weighted by atomic mass is 10.2. The first-order valence-corrected chi connectivity index (χ1v) is 6.08. The minimum Gasteiger partial charge on any atom is -0.478 e. The van der Waals surface area contributed by atoms with Crippen LogP contribution in [0.1, 0.15) is 15.9 Å². The largest absolute Gasteiger partial charge is 0.478 e. The lowest BCUT2D eigenvalue weighted by molar-refractivity contribution is -0.386. The smallest absolute Gasteiger partial charge is 0.337 e. The number of carboxylic acids is 1. The molecule has 0 radical (unpaired) electrons. The van der Waals surface area contributed by atoms with E-state index < -0.39 is 16.6 Å². The molecule has 0 unspecified atom stereocenters. The van der Waals surface area contributed by atoms with Crippen LogP contribution in [0.2, 0.25) is 5.02 Å². The first-order chi connectivity index (χ1) is 9.88. The number of nitro groups is 1. The molecule has 0 bridgehead atoms. The number of rotatable bonds is 4. The number of pyridine rings is 1. The Balaban J connectivity index is 2.44. The van der Waals surface area contributed by atoms with Crippen LogP contribution in [-0.4, -0.2) is 21.0 Å². The van der Waals surface area contributed by atoms with E-state index in [-0.39, 0.29) is 11.4 Å². The number of carboxylic acid groups (broad SMARTS) is 1. The van der Waals surface area contributed by atoms with Gasteiger partial charge in [0.25, 0.3) is 5.88 Å². The molecule has 0 aliphatic carbocycles. The monoisotopic (exact) mass is 308 g/mol. The second-order valence-electron chi connectivity index (χ2n) is 4.12. The van der Waals surface area contributed by atoms with Crippen LogP contribution in [-0.2, 0) is 0 Å². The quantitative estimate of drug-likeness (QED) is 0.685. The van der Waals surface area contributed by atoms with Crippen molar-refractivity contribution in [1.29, 1.82) is 0 Å². The third-order valence-electron chi connectivity index (χ3n) is 2.62. The maximum atomic E-state index is 11.0. The zero-order valence-electron chi connectivity index (χ0n) is 10.7. The molecule has 7 nitrogen and oxygen atoms in total. The molecule has 0 saturated carbocycles. The van der Waals surface area contributed by atoms with Crippen LogP contribution in [0.4, 0.5) is 5.69 Å². The molecule has 0 amide bonds. The molecule has 0 aliphatic rings. The lowest BCUT2D eigenvalue weighted by Gasteiger charge is -2.08. The fourth-order valence-electron chi connectivity index (χ4n) is 1.60. The molecule has 0 spiro atoms. The molecule has 0 atom stereocenters. The molecule has 108 valence electrons. The van der Waals surface area contributed by atoms with Crippen molar-refractivity contribution in [2.75, 3.05) is 0 Å². The topological polar surface area (TPSA) is 103 Å². The highest BCUT2D eigenvalue weighted by Gasteiger charge is 2.21. The number of aromatic carboxylic acids is 1. The number of halogens is 1. The van der Waals surface area contributed by atoms with E-state index in [4.69, 9.17) is 21.4 Å². The number of hydrogen-bond donors (Lipinski definition) is 1. The fraction of sp³-hybridized carbons (Fsp3) is 0.0769. The van der Waals surface area contributed by atoms with Crippen molar-refractivity contribution in [3.8, 4) is 11.6 Å². The predicted octanol–water partition coefficient (Wildman–Crippen LogP) is 3.44. The predicted molar refractivity (Wildman–Crippen MR) is 74.1 cm³/mol. The Morgan fingerprint density at radius 1 is 1.43 bits per heavy atom. The Kier molecular flexibility index (Phi) is 4.04. The zero-order valence-corrected chi connectivity index (χ0v) is 11.5. The summed E-state index contributed by atoms with van der Waals surface area (Å²) in [5.41, 5.74) is -0.146. The van der Waals surface area contributed by atoms with Crippen LogP contribution in [0.3, 0.4) is 0 Å². The van der Waals surface area contributed by atoms with Gasteiger partial charge in [-0.3, -0.25) is 10.1 Å². The zero-order chi connectivity index (χ0) is 15.6. The summed E-state index contributed by atoms with van der Waals surface area (Å²) in [7, 11) is 0. The van der Waals surface area contributed by atoms with Gasteiger partial charge in [-0.15, -0.1) is 0 Å². The second-order valence-corrected chi connectivity index (χ2v) is 4.56. The molecule has 2 aromatic rings. The highest BCUT2D eigenvalue weighted by molar-refractivity contribution is 6.30. The fourth-order valence-corrected chi connectivity index (χ4v) is 1.83. The van der Waals surface area contributed by atoms with Gasteiger partial charge >= 0.3 is 11.7 Å². The van der Waals surface area contributed by atoms with Gasteiger partial charge in [-0.1, -0.05) is 11.6 Å². The number of ether oxygens (including phenoxy) is 1. The number of aromatic nitrogens is 1. The Bertz CT molecular complexity index is 732. The SMILES string of the molecule is Cc1cc(Cl)ccc1Oc1ncc(C(=O)O)cc1[N+](=O)[O-]. The summed E-state index contributed by atoms with van der Waals surface area (Å²) in [6.45, 7) is 1.72. The number of benzene rings is 1. The van der Waals surface area contributed by atoms with E-state index in [0.29, 0.717) is 16.3 Å². The standard InChI is InChI=1S/C13H9ClN2O5/c1-7-4-9(14)2-3-11(7)21-12-10(16(19)20)5-8(6-15-12)13(17)18/h2-6H,1H3,(H,17,18). The van der Waals surface area contributed by atoms with Crippen molar-refractivity contribution in [2.45, 2.75) is 6.92 Å². The van der Waals surface area contributed by atoms with E-state index in [1.807, 2.05) is 0 Å². The summed E-state index contributed by atoms with van der Waals surface area (Å²) in [4.78, 5) is 24.8. The first-order valence-electron chi connectivity index (χ1n) is 5.70. The highest BCUT2D eigenvalue weighted by atomic mass is 35.5. The van der Waals surface area contributed by atoms with Crippen molar-refractivity contribution in [1.82, 2.24) is 4.98 Å². The minimum absolute atomic E-state index is 0.282. The lowest BCUT2D eigenvalue weighted by Crippen LogP contribution is -2.02. The number of hydrogen-bond acceptors (Lipinski definition) is 5. The third kappa shape index (κ3) is 3.26. The van der Waals surface area contributed by atoms with Crippen LogP contribution in [0.25, 0.3) is 0 Å². The molecule has 0 aliphatic heterocycles.